The van der Waals surface area contributed by atoms with E-state index in [1.54, 1.807) is 0 Å². The molecule has 0 unspecified atom stereocenters. The molecule has 1 heterocycles. The first-order valence-corrected chi connectivity index (χ1v) is 7.55. The molecule has 2 aromatic carbocycles. The number of nitrogens with two attached hydrogens (primary N) is 1. The molecule has 0 atom stereocenters. The summed E-state index contributed by atoms with van der Waals surface area (Å²) in [6.45, 7) is 2.75. The van der Waals surface area contributed by atoms with Gasteiger partial charge in [0, 0.05) is 34.9 Å². The predicted octanol–water partition coefficient (Wildman–Crippen LogP) is 3.20. The Balaban J connectivity index is 2.11. The first kappa shape index (κ1) is 14.1. The van der Waals surface area contributed by atoms with Crippen LogP contribution in [0, 0.1) is 0 Å². The molecular weight excluding hydrogens is 258 g/mol. The van der Waals surface area contributed by atoms with Gasteiger partial charge < -0.3 is 15.2 Å². The van der Waals surface area contributed by atoms with Crippen LogP contribution < -0.4 is 5.73 Å². The molecule has 0 amide bonds. The molecule has 0 aliphatic rings. The van der Waals surface area contributed by atoms with Crippen LogP contribution in [-0.4, -0.2) is 30.1 Å². The number of para-hydroxylation sites is 1. The normalized spacial score (nSPS) is 11.8. The van der Waals surface area contributed by atoms with Gasteiger partial charge in [-0.3, -0.25) is 0 Å². The SMILES string of the molecule is CN(C)CCCn1c2ccccc2c2cc(CN)ccc21. The molecule has 21 heavy (non-hydrogen) atoms. The van der Waals surface area contributed by atoms with Crippen LogP contribution >= 0.6 is 0 Å². The number of rotatable bonds is 5. The average molecular weight is 281 g/mol. The van der Waals surface area contributed by atoms with Gasteiger partial charge in [0.1, 0.15) is 0 Å². The van der Waals surface area contributed by atoms with Gasteiger partial charge in [0.05, 0.1) is 0 Å². The Labute approximate surface area is 126 Å². The van der Waals surface area contributed by atoms with Gasteiger partial charge >= 0.3 is 0 Å². The fourth-order valence-electron chi connectivity index (χ4n) is 3.01. The lowest BCUT2D eigenvalue weighted by Crippen LogP contribution is -2.15. The maximum absolute atomic E-state index is 5.79. The van der Waals surface area contributed by atoms with E-state index < -0.39 is 0 Å². The van der Waals surface area contributed by atoms with E-state index in [4.69, 9.17) is 5.73 Å². The van der Waals surface area contributed by atoms with E-state index in [2.05, 4.69) is 66.0 Å². The van der Waals surface area contributed by atoms with Crippen molar-refractivity contribution in [1.82, 2.24) is 9.47 Å². The fraction of sp³-hybridized carbons (Fsp3) is 0.333. The largest absolute Gasteiger partial charge is 0.340 e. The van der Waals surface area contributed by atoms with Crippen LogP contribution in [0.25, 0.3) is 21.8 Å². The molecule has 0 aliphatic heterocycles. The second kappa shape index (κ2) is 5.88. The molecule has 1 aromatic heterocycles. The maximum atomic E-state index is 5.79. The number of fused-ring (bicyclic) bond motifs is 3. The first-order valence-electron chi connectivity index (χ1n) is 7.55. The molecule has 3 aromatic rings. The van der Waals surface area contributed by atoms with Crippen LogP contribution in [0.15, 0.2) is 42.5 Å². The second-order valence-corrected chi connectivity index (χ2v) is 5.88. The third kappa shape index (κ3) is 2.67. The van der Waals surface area contributed by atoms with E-state index in [0.29, 0.717) is 6.54 Å². The first-order chi connectivity index (χ1) is 10.2. The van der Waals surface area contributed by atoms with E-state index in [9.17, 15) is 0 Å². The third-order valence-electron chi connectivity index (χ3n) is 4.06. The Morgan fingerprint density at radius 3 is 2.52 bits per heavy atom. The number of hydrogen-bond donors (Lipinski definition) is 1. The molecule has 0 saturated heterocycles. The van der Waals surface area contributed by atoms with Crippen LogP contribution in [0.2, 0.25) is 0 Å². The maximum Gasteiger partial charge on any atom is 0.0491 e. The number of aromatic nitrogens is 1. The van der Waals surface area contributed by atoms with Gasteiger partial charge in [-0.2, -0.15) is 0 Å². The Morgan fingerprint density at radius 2 is 1.76 bits per heavy atom. The minimum atomic E-state index is 0.593. The zero-order valence-corrected chi connectivity index (χ0v) is 12.8. The quantitative estimate of drug-likeness (QED) is 0.779. The molecule has 3 rings (SSSR count). The standard InChI is InChI=1S/C18H23N3/c1-20(2)10-5-11-21-17-7-4-3-6-15(17)16-12-14(13-19)8-9-18(16)21/h3-4,6-9,12H,5,10-11,13,19H2,1-2H3. The molecule has 0 aliphatic carbocycles. The molecular formula is C18H23N3. The lowest BCUT2D eigenvalue weighted by atomic mass is 10.1. The Kier molecular flexibility index (Phi) is 3.95. The van der Waals surface area contributed by atoms with Crippen molar-refractivity contribution >= 4 is 21.8 Å². The lowest BCUT2D eigenvalue weighted by Gasteiger charge is -2.11. The summed E-state index contributed by atoms with van der Waals surface area (Å²) < 4.78 is 2.44. The topological polar surface area (TPSA) is 34.2 Å². The summed E-state index contributed by atoms with van der Waals surface area (Å²) in [4.78, 5) is 2.24. The van der Waals surface area contributed by atoms with Crippen molar-refractivity contribution in [2.45, 2.75) is 19.5 Å². The summed E-state index contributed by atoms with van der Waals surface area (Å²) in [7, 11) is 4.25. The van der Waals surface area contributed by atoms with Crippen LogP contribution in [0.1, 0.15) is 12.0 Å². The Hall–Kier alpha value is -1.84. The molecule has 2 N–H and O–H groups in total. The van der Waals surface area contributed by atoms with E-state index >= 15 is 0 Å². The number of benzene rings is 2. The second-order valence-electron chi connectivity index (χ2n) is 5.88. The fourth-order valence-corrected chi connectivity index (χ4v) is 3.01. The van der Waals surface area contributed by atoms with Crippen molar-refractivity contribution in [2.75, 3.05) is 20.6 Å². The van der Waals surface area contributed by atoms with E-state index in [1.807, 2.05) is 0 Å². The number of hydrogen-bond acceptors (Lipinski definition) is 2. The van der Waals surface area contributed by atoms with Gasteiger partial charge in [-0.05, 0) is 50.8 Å². The minimum Gasteiger partial charge on any atom is -0.340 e. The molecule has 0 saturated carbocycles. The van der Waals surface area contributed by atoms with Gasteiger partial charge in [0.25, 0.3) is 0 Å². The zero-order chi connectivity index (χ0) is 14.8. The number of aryl methyl sites for hydroxylation is 1. The predicted molar refractivity (Wildman–Crippen MR) is 90.5 cm³/mol. The smallest absolute Gasteiger partial charge is 0.0491 e. The van der Waals surface area contributed by atoms with Gasteiger partial charge in [0.15, 0.2) is 0 Å². The summed E-state index contributed by atoms with van der Waals surface area (Å²) in [5, 5.41) is 2.64. The highest BCUT2D eigenvalue weighted by Crippen LogP contribution is 2.29. The monoisotopic (exact) mass is 281 g/mol. The van der Waals surface area contributed by atoms with Crippen LogP contribution in [0.4, 0.5) is 0 Å². The molecule has 3 heteroatoms. The summed E-state index contributed by atoms with van der Waals surface area (Å²) in [6.07, 6.45) is 1.15. The molecule has 0 bridgehead atoms. The van der Waals surface area contributed by atoms with Crippen molar-refractivity contribution < 1.29 is 0 Å². The van der Waals surface area contributed by atoms with E-state index in [0.717, 1.165) is 19.5 Å². The molecule has 0 radical (unpaired) electrons. The van der Waals surface area contributed by atoms with Gasteiger partial charge in [-0.25, -0.2) is 0 Å². The summed E-state index contributed by atoms with van der Waals surface area (Å²) in [5.41, 5.74) is 9.62. The average Bonchev–Trinajstić information content (AvgIpc) is 2.81. The summed E-state index contributed by atoms with van der Waals surface area (Å²) in [6, 6.07) is 15.2. The van der Waals surface area contributed by atoms with Crippen LogP contribution in [0.3, 0.4) is 0 Å². The van der Waals surface area contributed by atoms with E-state index in [-0.39, 0.29) is 0 Å². The molecule has 110 valence electrons. The van der Waals surface area contributed by atoms with Gasteiger partial charge in [-0.1, -0.05) is 24.3 Å². The number of nitrogens with zero attached hydrogens (tertiary/aromatic N) is 2. The van der Waals surface area contributed by atoms with Crippen molar-refractivity contribution in [3.8, 4) is 0 Å². The van der Waals surface area contributed by atoms with Crippen LogP contribution in [0.5, 0.6) is 0 Å². The molecule has 0 fully saturated rings. The molecule has 0 spiro atoms. The summed E-state index contributed by atoms with van der Waals surface area (Å²) in [5.74, 6) is 0. The van der Waals surface area contributed by atoms with Gasteiger partial charge in [0.2, 0.25) is 0 Å². The van der Waals surface area contributed by atoms with Crippen molar-refractivity contribution in [1.29, 1.82) is 0 Å². The third-order valence-corrected chi connectivity index (χ3v) is 4.06. The lowest BCUT2D eigenvalue weighted by molar-refractivity contribution is 0.389. The summed E-state index contributed by atoms with van der Waals surface area (Å²) >= 11 is 0. The molecule has 3 nitrogen and oxygen atoms in total. The Morgan fingerprint density at radius 1 is 1.00 bits per heavy atom. The van der Waals surface area contributed by atoms with Crippen molar-refractivity contribution in [3.05, 3.63) is 48.0 Å². The highest BCUT2D eigenvalue weighted by Gasteiger charge is 2.10. The van der Waals surface area contributed by atoms with E-state index in [1.165, 1.54) is 27.4 Å². The van der Waals surface area contributed by atoms with Crippen LogP contribution in [-0.2, 0) is 13.1 Å². The zero-order valence-electron chi connectivity index (χ0n) is 12.8. The highest BCUT2D eigenvalue weighted by atomic mass is 15.1. The van der Waals surface area contributed by atoms with Crippen molar-refractivity contribution in [3.63, 3.8) is 0 Å². The van der Waals surface area contributed by atoms with Gasteiger partial charge in [-0.15, -0.1) is 0 Å². The highest BCUT2D eigenvalue weighted by molar-refractivity contribution is 6.08. The Bertz CT molecular complexity index is 756. The minimum absolute atomic E-state index is 0.593. The van der Waals surface area contributed by atoms with Crippen molar-refractivity contribution in [2.24, 2.45) is 5.73 Å².